The minimum atomic E-state index is -0.510. The van der Waals surface area contributed by atoms with Crippen LogP contribution >= 0.6 is 0 Å². The van der Waals surface area contributed by atoms with Crippen LogP contribution in [0.25, 0.3) is 0 Å². The Hall–Kier alpha value is -2.24. The van der Waals surface area contributed by atoms with Crippen molar-refractivity contribution >= 4 is 12.0 Å². The van der Waals surface area contributed by atoms with E-state index in [1.54, 1.807) is 12.1 Å². The summed E-state index contributed by atoms with van der Waals surface area (Å²) in [5.74, 6) is 0.652. The van der Waals surface area contributed by atoms with Crippen molar-refractivity contribution in [3.8, 4) is 5.75 Å². The van der Waals surface area contributed by atoms with Gasteiger partial charge in [0, 0.05) is 12.1 Å². The number of nitrogens with one attached hydrogen (secondary N) is 2. The lowest BCUT2D eigenvalue weighted by Gasteiger charge is -2.20. The second-order valence-corrected chi connectivity index (χ2v) is 6.10. The first kappa shape index (κ1) is 16.1. The average molecular weight is 306 g/mol. The molecule has 2 amide bonds. The molecule has 6 nitrogen and oxygen atoms in total. The lowest BCUT2D eigenvalue weighted by molar-refractivity contribution is 0.0520. The Kier molecular flexibility index (Phi) is 4.90. The average Bonchev–Trinajstić information content (AvgIpc) is 2.42. The molecule has 0 aliphatic carbocycles. The fraction of sp³-hybridized carbons (Fsp3) is 0.500. The van der Waals surface area contributed by atoms with Crippen LogP contribution in [-0.2, 0) is 11.2 Å². The second-order valence-electron chi connectivity index (χ2n) is 6.10. The first-order valence-electron chi connectivity index (χ1n) is 7.36. The Balaban J connectivity index is 1.78. The largest absolute Gasteiger partial charge is 0.492 e. The number of carbonyl (C=O) groups is 2. The summed E-state index contributed by atoms with van der Waals surface area (Å²) < 4.78 is 10.7. The molecule has 0 fully saturated rings. The zero-order valence-corrected chi connectivity index (χ0v) is 13.2. The van der Waals surface area contributed by atoms with E-state index in [1.165, 1.54) is 0 Å². The molecule has 0 atom stereocenters. The van der Waals surface area contributed by atoms with Gasteiger partial charge in [0.05, 0.1) is 6.54 Å². The van der Waals surface area contributed by atoms with E-state index in [9.17, 15) is 9.59 Å². The summed E-state index contributed by atoms with van der Waals surface area (Å²) in [6, 6.07) is 5.40. The molecule has 1 heterocycles. The van der Waals surface area contributed by atoms with E-state index in [4.69, 9.17) is 9.47 Å². The smallest absolute Gasteiger partial charge is 0.407 e. The molecule has 0 unspecified atom stereocenters. The van der Waals surface area contributed by atoms with Gasteiger partial charge in [0.1, 0.15) is 18.0 Å². The van der Waals surface area contributed by atoms with Gasteiger partial charge in [-0.25, -0.2) is 4.79 Å². The molecule has 0 saturated heterocycles. The molecule has 1 aliphatic heterocycles. The van der Waals surface area contributed by atoms with Crippen molar-refractivity contribution < 1.29 is 19.1 Å². The number of ether oxygens (including phenoxy) is 2. The quantitative estimate of drug-likeness (QED) is 0.833. The van der Waals surface area contributed by atoms with Crippen LogP contribution in [0.1, 0.15) is 36.7 Å². The Labute approximate surface area is 130 Å². The van der Waals surface area contributed by atoms with Crippen molar-refractivity contribution in [2.45, 2.75) is 32.8 Å². The minimum Gasteiger partial charge on any atom is -0.492 e. The third-order valence-corrected chi connectivity index (χ3v) is 3.04. The number of carbonyl (C=O) groups excluding carboxylic acids is 2. The molecular formula is C16H22N2O4. The van der Waals surface area contributed by atoms with E-state index < -0.39 is 11.7 Å². The van der Waals surface area contributed by atoms with Gasteiger partial charge in [0.25, 0.3) is 5.91 Å². The van der Waals surface area contributed by atoms with Gasteiger partial charge in [-0.2, -0.15) is 0 Å². The molecular weight excluding hydrogens is 284 g/mol. The number of hydrogen-bond acceptors (Lipinski definition) is 4. The lowest BCUT2D eigenvalue weighted by Crippen LogP contribution is -2.34. The summed E-state index contributed by atoms with van der Waals surface area (Å²) in [6.45, 7) is 6.78. The molecule has 0 spiro atoms. The number of fused-ring (bicyclic) bond motifs is 1. The fourth-order valence-electron chi connectivity index (χ4n) is 2.13. The second kappa shape index (κ2) is 6.68. The van der Waals surface area contributed by atoms with Crippen molar-refractivity contribution in [1.82, 2.24) is 10.6 Å². The Bertz CT molecular complexity index is 564. The van der Waals surface area contributed by atoms with Crippen molar-refractivity contribution in [2.24, 2.45) is 0 Å². The summed E-state index contributed by atoms with van der Waals surface area (Å²) in [5, 5.41) is 5.43. The number of benzene rings is 1. The van der Waals surface area contributed by atoms with Crippen molar-refractivity contribution in [3.63, 3.8) is 0 Å². The molecule has 0 bridgehead atoms. The predicted octanol–water partition coefficient (Wildman–Crippen LogP) is 1.88. The Morgan fingerprint density at radius 2 is 2.14 bits per heavy atom. The van der Waals surface area contributed by atoms with E-state index in [0.29, 0.717) is 31.0 Å². The van der Waals surface area contributed by atoms with Crippen molar-refractivity contribution in [2.75, 3.05) is 19.7 Å². The van der Waals surface area contributed by atoms with Gasteiger partial charge < -0.3 is 20.1 Å². The van der Waals surface area contributed by atoms with Crippen LogP contribution in [0, 0.1) is 0 Å². The zero-order chi connectivity index (χ0) is 16.2. The maximum absolute atomic E-state index is 11.6. The molecule has 1 aromatic rings. The van der Waals surface area contributed by atoms with Gasteiger partial charge in [-0.3, -0.25) is 4.79 Å². The van der Waals surface area contributed by atoms with Gasteiger partial charge >= 0.3 is 6.09 Å². The molecule has 22 heavy (non-hydrogen) atoms. The van der Waals surface area contributed by atoms with Gasteiger partial charge in [-0.1, -0.05) is 0 Å². The minimum absolute atomic E-state index is 0.0422. The van der Waals surface area contributed by atoms with Crippen LogP contribution in [0.15, 0.2) is 18.2 Å². The van der Waals surface area contributed by atoms with E-state index in [1.807, 2.05) is 26.8 Å². The van der Waals surface area contributed by atoms with Crippen LogP contribution in [0.5, 0.6) is 5.75 Å². The summed E-state index contributed by atoms with van der Waals surface area (Å²) >= 11 is 0. The number of rotatable bonds is 4. The molecule has 1 aliphatic rings. The summed E-state index contributed by atoms with van der Waals surface area (Å²) in [7, 11) is 0. The van der Waals surface area contributed by atoms with Gasteiger partial charge in [-0.15, -0.1) is 0 Å². The maximum atomic E-state index is 11.6. The highest BCUT2D eigenvalue weighted by Gasteiger charge is 2.17. The van der Waals surface area contributed by atoms with Crippen LogP contribution in [-0.4, -0.2) is 37.3 Å². The maximum Gasteiger partial charge on any atom is 0.407 e. The molecule has 0 saturated carbocycles. The first-order valence-corrected chi connectivity index (χ1v) is 7.36. The topological polar surface area (TPSA) is 76.7 Å². The normalized spacial score (nSPS) is 13.9. The predicted molar refractivity (Wildman–Crippen MR) is 82.2 cm³/mol. The number of alkyl carbamates (subject to hydrolysis) is 1. The SMILES string of the molecule is CC(C)(C)OC(=O)NCCOc1ccc2c(c1)CCNC2=O. The standard InChI is InChI=1S/C16H22N2O4/c1-16(2,3)22-15(20)18-8-9-21-12-4-5-13-11(10-12)6-7-17-14(13)19/h4-5,10H,6-9H2,1-3H3,(H,17,19)(H,18,20). The number of amides is 2. The highest BCUT2D eigenvalue weighted by molar-refractivity contribution is 5.96. The fourth-order valence-corrected chi connectivity index (χ4v) is 2.13. The van der Waals surface area contributed by atoms with Crippen molar-refractivity contribution in [3.05, 3.63) is 29.3 Å². The van der Waals surface area contributed by atoms with Gasteiger partial charge in [-0.05, 0) is 51.0 Å². The van der Waals surface area contributed by atoms with Gasteiger partial charge in [0.2, 0.25) is 0 Å². The molecule has 1 aromatic carbocycles. The molecule has 0 radical (unpaired) electrons. The van der Waals surface area contributed by atoms with E-state index >= 15 is 0 Å². The highest BCUT2D eigenvalue weighted by Crippen LogP contribution is 2.20. The van der Waals surface area contributed by atoms with E-state index in [0.717, 1.165) is 12.0 Å². The number of hydrogen-bond donors (Lipinski definition) is 2. The monoisotopic (exact) mass is 306 g/mol. The Morgan fingerprint density at radius 1 is 1.36 bits per heavy atom. The zero-order valence-electron chi connectivity index (χ0n) is 13.2. The third kappa shape index (κ3) is 4.65. The third-order valence-electron chi connectivity index (χ3n) is 3.04. The van der Waals surface area contributed by atoms with E-state index in [-0.39, 0.29) is 5.91 Å². The van der Waals surface area contributed by atoms with Crippen LogP contribution < -0.4 is 15.4 Å². The molecule has 6 heteroatoms. The lowest BCUT2D eigenvalue weighted by atomic mass is 10.0. The van der Waals surface area contributed by atoms with Gasteiger partial charge in [0.15, 0.2) is 0 Å². The highest BCUT2D eigenvalue weighted by atomic mass is 16.6. The summed E-state index contributed by atoms with van der Waals surface area (Å²) in [4.78, 5) is 23.1. The first-order chi connectivity index (χ1) is 10.3. The van der Waals surface area contributed by atoms with Crippen LogP contribution in [0.4, 0.5) is 4.79 Å². The summed E-state index contributed by atoms with van der Waals surface area (Å²) in [6.07, 6.45) is 0.340. The Morgan fingerprint density at radius 3 is 2.86 bits per heavy atom. The van der Waals surface area contributed by atoms with E-state index in [2.05, 4.69) is 10.6 Å². The van der Waals surface area contributed by atoms with Crippen molar-refractivity contribution in [1.29, 1.82) is 0 Å². The molecule has 2 N–H and O–H groups in total. The van der Waals surface area contributed by atoms with Crippen LogP contribution in [0.2, 0.25) is 0 Å². The molecule has 0 aromatic heterocycles. The summed E-state index contributed by atoms with van der Waals surface area (Å²) in [5.41, 5.74) is 1.18. The van der Waals surface area contributed by atoms with Crippen LogP contribution in [0.3, 0.4) is 0 Å². The molecule has 2 rings (SSSR count). The molecule has 120 valence electrons.